The first-order valence-corrected chi connectivity index (χ1v) is 6.34. The normalized spacial score (nSPS) is 29.8. The van der Waals surface area contributed by atoms with Gasteiger partial charge in [-0.3, -0.25) is 9.78 Å². The van der Waals surface area contributed by atoms with Gasteiger partial charge in [0.25, 0.3) is 5.56 Å². The molecule has 9 heteroatoms. The van der Waals surface area contributed by atoms with Crippen molar-refractivity contribution in [2.75, 3.05) is 6.61 Å². The van der Waals surface area contributed by atoms with E-state index in [9.17, 15) is 19.8 Å². The highest BCUT2D eigenvalue weighted by Gasteiger charge is 2.44. The van der Waals surface area contributed by atoms with Crippen LogP contribution in [0.5, 0.6) is 0 Å². The average molecular weight is 287 g/mol. The maximum atomic E-state index is 11.7. The number of nitrogens with one attached hydrogen (secondary N) is 1. The molecular weight excluding hydrogens is 270 g/mol. The van der Waals surface area contributed by atoms with Gasteiger partial charge in [0.15, 0.2) is 6.23 Å². The molecule has 0 radical (unpaired) electrons. The molecule has 1 aromatic heterocycles. The summed E-state index contributed by atoms with van der Waals surface area (Å²) in [6.45, 7) is 1.34. The van der Waals surface area contributed by atoms with Crippen molar-refractivity contribution in [3.05, 3.63) is 26.5 Å². The number of aliphatic hydroxyl groups is 3. The van der Waals surface area contributed by atoms with E-state index in [0.29, 0.717) is 12.8 Å². The van der Waals surface area contributed by atoms with Crippen LogP contribution < -0.4 is 11.2 Å². The third-order valence-electron chi connectivity index (χ3n) is 3.16. The van der Waals surface area contributed by atoms with E-state index in [-0.39, 0.29) is 5.69 Å². The Hall–Kier alpha value is -1.55. The summed E-state index contributed by atoms with van der Waals surface area (Å²) in [4.78, 5) is 25.4. The van der Waals surface area contributed by atoms with Crippen LogP contribution in [0.1, 0.15) is 25.3 Å². The fourth-order valence-corrected chi connectivity index (χ4v) is 2.10. The molecule has 0 aliphatic carbocycles. The lowest BCUT2D eigenvalue weighted by Crippen LogP contribution is -2.41. The molecule has 0 unspecified atom stereocenters. The number of H-pyrrole nitrogens is 1. The summed E-state index contributed by atoms with van der Waals surface area (Å²) in [6, 6.07) is 0. The molecular formula is C11H17N3O6. The van der Waals surface area contributed by atoms with Crippen LogP contribution in [0.4, 0.5) is 0 Å². The fraction of sp³-hybridized carbons (Fsp3) is 0.727. The van der Waals surface area contributed by atoms with Gasteiger partial charge in [-0.2, -0.15) is 9.78 Å². The molecule has 112 valence electrons. The molecule has 1 aliphatic heterocycles. The van der Waals surface area contributed by atoms with Crippen molar-refractivity contribution in [1.29, 1.82) is 0 Å². The molecule has 0 spiro atoms. The predicted octanol–water partition coefficient (Wildman–Crippen LogP) is -2.50. The van der Waals surface area contributed by atoms with Crippen molar-refractivity contribution in [1.82, 2.24) is 14.8 Å². The van der Waals surface area contributed by atoms with E-state index in [0.717, 1.165) is 4.68 Å². The van der Waals surface area contributed by atoms with Crippen molar-refractivity contribution in [2.45, 2.75) is 44.3 Å². The Bertz CT molecular complexity index is 582. The highest BCUT2D eigenvalue weighted by atomic mass is 16.6. The number of rotatable bonds is 4. The number of aliphatic hydroxyl groups excluding tert-OH is 3. The smallest absolute Gasteiger partial charge is 0.347 e. The molecule has 1 fully saturated rings. The molecule has 0 aromatic carbocycles. The molecule has 0 saturated carbocycles. The maximum Gasteiger partial charge on any atom is 0.347 e. The zero-order chi connectivity index (χ0) is 14.9. The van der Waals surface area contributed by atoms with E-state index in [2.05, 4.69) is 10.1 Å². The van der Waals surface area contributed by atoms with Crippen LogP contribution in [-0.4, -0.2) is 55.0 Å². The zero-order valence-corrected chi connectivity index (χ0v) is 10.9. The van der Waals surface area contributed by atoms with E-state index in [1.165, 1.54) is 0 Å². The van der Waals surface area contributed by atoms with Crippen LogP contribution in [0, 0.1) is 0 Å². The minimum absolute atomic E-state index is 0.143. The summed E-state index contributed by atoms with van der Waals surface area (Å²) in [7, 11) is 0. The summed E-state index contributed by atoms with van der Waals surface area (Å²) < 4.78 is 5.99. The van der Waals surface area contributed by atoms with Gasteiger partial charge in [0, 0.05) is 0 Å². The summed E-state index contributed by atoms with van der Waals surface area (Å²) in [5.41, 5.74) is -1.28. The van der Waals surface area contributed by atoms with Crippen LogP contribution in [0.15, 0.2) is 9.59 Å². The third-order valence-corrected chi connectivity index (χ3v) is 3.16. The molecule has 0 amide bonds. The zero-order valence-electron chi connectivity index (χ0n) is 10.9. The van der Waals surface area contributed by atoms with Crippen LogP contribution in [0.25, 0.3) is 0 Å². The van der Waals surface area contributed by atoms with E-state index >= 15 is 0 Å². The van der Waals surface area contributed by atoms with Crippen LogP contribution >= 0.6 is 0 Å². The molecule has 1 saturated heterocycles. The second-order valence-electron chi connectivity index (χ2n) is 4.63. The number of hydrogen-bond donors (Lipinski definition) is 4. The lowest BCUT2D eigenvalue weighted by molar-refractivity contribution is -0.0621. The fourth-order valence-electron chi connectivity index (χ4n) is 2.10. The SMILES string of the molecule is CCCc1nn([C@@H]2O[C@H](CO)[C@@H](O)[C@H]2O)c(=O)[nH]c1=O. The molecule has 2 rings (SSSR count). The maximum absolute atomic E-state index is 11.7. The van der Waals surface area contributed by atoms with Crippen molar-refractivity contribution < 1.29 is 20.1 Å². The molecule has 4 N–H and O–H groups in total. The second kappa shape index (κ2) is 5.83. The molecule has 1 aromatic rings. The minimum atomic E-state index is -1.42. The number of ether oxygens (including phenoxy) is 1. The van der Waals surface area contributed by atoms with E-state index < -0.39 is 42.4 Å². The Morgan fingerprint density at radius 1 is 1.35 bits per heavy atom. The first kappa shape index (κ1) is 14.9. The Morgan fingerprint density at radius 2 is 2.05 bits per heavy atom. The van der Waals surface area contributed by atoms with Crippen molar-refractivity contribution in [2.24, 2.45) is 0 Å². The molecule has 20 heavy (non-hydrogen) atoms. The van der Waals surface area contributed by atoms with E-state index in [1.807, 2.05) is 6.92 Å². The molecule has 1 aliphatic rings. The van der Waals surface area contributed by atoms with E-state index in [4.69, 9.17) is 9.84 Å². The summed E-state index contributed by atoms with van der Waals surface area (Å²) in [5, 5.41) is 32.4. The standard InChI is InChI=1S/C11H17N3O6/c1-2-3-5-9(18)12-11(19)14(13-5)10-8(17)7(16)6(4-15)20-10/h6-8,10,15-17H,2-4H2,1H3,(H,12,18,19)/t6-,7-,8-,10-/m1/s1. The average Bonchev–Trinajstić information content (AvgIpc) is 2.70. The van der Waals surface area contributed by atoms with Crippen molar-refractivity contribution in [3.63, 3.8) is 0 Å². The molecule has 9 nitrogen and oxygen atoms in total. The number of aryl methyl sites for hydroxylation is 1. The molecule has 2 heterocycles. The van der Waals surface area contributed by atoms with Gasteiger partial charge in [0.2, 0.25) is 0 Å². The minimum Gasteiger partial charge on any atom is -0.394 e. The second-order valence-corrected chi connectivity index (χ2v) is 4.63. The lowest BCUT2D eigenvalue weighted by atomic mass is 10.1. The van der Waals surface area contributed by atoms with Gasteiger partial charge >= 0.3 is 5.69 Å². The first-order chi connectivity index (χ1) is 9.49. The van der Waals surface area contributed by atoms with Gasteiger partial charge in [0.1, 0.15) is 24.0 Å². The van der Waals surface area contributed by atoms with Crippen molar-refractivity contribution in [3.8, 4) is 0 Å². The lowest BCUT2D eigenvalue weighted by Gasteiger charge is -2.16. The van der Waals surface area contributed by atoms with Gasteiger partial charge in [-0.15, -0.1) is 0 Å². The van der Waals surface area contributed by atoms with Gasteiger partial charge in [-0.1, -0.05) is 13.3 Å². The van der Waals surface area contributed by atoms with E-state index in [1.54, 1.807) is 0 Å². The largest absolute Gasteiger partial charge is 0.394 e. The Labute approximate surface area is 113 Å². The quantitative estimate of drug-likeness (QED) is 0.480. The molecule has 4 atom stereocenters. The Morgan fingerprint density at radius 3 is 2.60 bits per heavy atom. The predicted molar refractivity (Wildman–Crippen MR) is 66.1 cm³/mol. The third kappa shape index (κ3) is 2.52. The monoisotopic (exact) mass is 287 g/mol. The Kier molecular flexibility index (Phi) is 4.33. The molecule has 0 bridgehead atoms. The number of nitrogens with zero attached hydrogens (tertiary/aromatic N) is 2. The highest BCUT2D eigenvalue weighted by molar-refractivity contribution is 4.95. The number of aromatic nitrogens is 3. The van der Waals surface area contributed by atoms with Gasteiger partial charge in [-0.05, 0) is 6.42 Å². The number of hydrogen-bond acceptors (Lipinski definition) is 7. The summed E-state index contributed by atoms with van der Waals surface area (Å²) >= 11 is 0. The summed E-state index contributed by atoms with van der Waals surface area (Å²) in [6.07, 6.45) is -3.99. The van der Waals surface area contributed by atoms with Gasteiger partial charge < -0.3 is 20.1 Å². The highest BCUT2D eigenvalue weighted by Crippen LogP contribution is 2.27. The summed E-state index contributed by atoms with van der Waals surface area (Å²) in [5.74, 6) is 0. The van der Waals surface area contributed by atoms with Crippen LogP contribution in [0.2, 0.25) is 0 Å². The topological polar surface area (TPSA) is 138 Å². The first-order valence-electron chi connectivity index (χ1n) is 6.34. The number of aromatic amines is 1. The van der Waals surface area contributed by atoms with Crippen LogP contribution in [0.3, 0.4) is 0 Å². The van der Waals surface area contributed by atoms with Crippen LogP contribution in [-0.2, 0) is 11.2 Å². The van der Waals surface area contributed by atoms with Crippen molar-refractivity contribution >= 4 is 0 Å². The Balaban J connectivity index is 2.40. The van der Waals surface area contributed by atoms with Gasteiger partial charge in [-0.25, -0.2) is 4.79 Å². The van der Waals surface area contributed by atoms with Gasteiger partial charge in [0.05, 0.1) is 6.61 Å².